The van der Waals surface area contributed by atoms with Crippen LogP contribution >= 0.6 is 0 Å². The smallest absolute Gasteiger partial charge is 0.179 e. The first-order valence-corrected chi connectivity index (χ1v) is 6.87. The SMILES string of the molecule is Cc1c(C(C)C)cc(S(C)(=O)=O)c(O)c1N. The Morgan fingerprint density at radius 3 is 2.25 bits per heavy atom. The van der Waals surface area contributed by atoms with Crippen molar-refractivity contribution in [2.45, 2.75) is 31.6 Å². The molecule has 4 nitrogen and oxygen atoms in total. The van der Waals surface area contributed by atoms with Gasteiger partial charge in [0.05, 0.1) is 5.69 Å². The van der Waals surface area contributed by atoms with Gasteiger partial charge in [0, 0.05) is 6.26 Å². The molecule has 5 heteroatoms. The summed E-state index contributed by atoms with van der Waals surface area (Å²) in [4.78, 5) is -0.0979. The molecule has 0 atom stereocenters. The van der Waals surface area contributed by atoms with Crippen LogP contribution in [0.25, 0.3) is 0 Å². The zero-order valence-electron chi connectivity index (χ0n) is 9.90. The van der Waals surface area contributed by atoms with Crippen LogP contribution in [0.15, 0.2) is 11.0 Å². The monoisotopic (exact) mass is 243 g/mol. The van der Waals surface area contributed by atoms with Crippen molar-refractivity contribution in [3.63, 3.8) is 0 Å². The van der Waals surface area contributed by atoms with Gasteiger partial charge in [-0.3, -0.25) is 0 Å². The molecule has 3 N–H and O–H groups in total. The number of benzene rings is 1. The number of hydrogen-bond acceptors (Lipinski definition) is 4. The highest BCUT2D eigenvalue weighted by Gasteiger charge is 2.20. The van der Waals surface area contributed by atoms with Gasteiger partial charge in [0.25, 0.3) is 0 Å². The predicted molar refractivity (Wildman–Crippen MR) is 64.5 cm³/mol. The first kappa shape index (κ1) is 12.8. The molecule has 0 aliphatic carbocycles. The van der Waals surface area contributed by atoms with Gasteiger partial charge in [0.1, 0.15) is 4.90 Å². The average Bonchev–Trinajstić information content (AvgIpc) is 2.11. The van der Waals surface area contributed by atoms with Crippen LogP contribution in [0.1, 0.15) is 30.9 Å². The molecule has 0 amide bonds. The highest BCUT2D eigenvalue weighted by atomic mass is 32.2. The number of nitrogens with two attached hydrogens (primary N) is 1. The number of hydrogen-bond donors (Lipinski definition) is 2. The van der Waals surface area contributed by atoms with Crippen LogP contribution in [0.3, 0.4) is 0 Å². The van der Waals surface area contributed by atoms with Gasteiger partial charge < -0.3 is 10.8 Å². The largest absolute Gasteiger partial charge is 0.504 e. The van der Waals surface area contributed by atoms with E-state index in [2.05, 4.69) is 0 Å². The summed E-state index contributed by atoms with van der Waals surface area (Å²) in [5.41, 5.74) is 7.43. The number of phenolic OH excluding ortho intramolecular Hbond substituents is 1. The zero-order valence-corrected chi connectivity index (χ0v) is 10.7. The highest BCUT2D eigenvalue weighted by molar-refractivity contribution is 7.90. The molecule has 16 heavy (non-hydrogen) atoms. The van der Waals surface area contributed by atoms with Crippen molar-refractivity contribution in [2.75, 3.05) is 12.0 Å². The third kappa shape index (κ3) is 2.14. The molecule has 0 bridgehead atoms. The zero-order chi connectivity index (χ0) is 12.7. The summed E-state index contributed by atoms with van der Waals surface area (Å²) in [5, 5.41) is 9.72. The quantitative estimate of drug-likeness (QED) is 0.613. The molecule has 0 saturated carbocycles. The van der Waals surface area contributed by atoms with Crippen LogP contribution in [0.5, 0.6) is 5.75 Å². The number of rotatable bonds is 2. The highest BCUT2D eigenvalue weighted by Crippen LogP contribution is 2.36. The maximum atomic E-state index is 11.5. The second kappa shape index (κ2) is 3.97. The van der Waals surface area contributed by atoms with Crippen molar-refractivity contribution in [3.05, 3.63) is 17.2 Å². The molecule has 0 aliphatic heterocycles. The van der Waals surface area contributed by atoms with E-state index in [1.807, 2.05) is 13.8 Å². The molecule has 0 aliphatic rings. The summed E-state index contributed by atoms with van der Waals surface area (Å²) in [6.07, 6.45) is 1.06. The Hall–Kier alpha value is -1.23. The van der Waals surface area contributed by atoms with Crippen LogP contribution in [0, 0.1) is 6.92 Å². The van der Waals surface area contributed by atoms with Gasteiger partial charge in [-0.1, -0.05) is 13.8 Å². The van der Waals surface area contributed by atoms with Crippen LogP contribution in [0.4, 0.5) is 5.69 Å². The second-order valence-corrected chi connectivity index (χ2v) is 6.26. The lowest BCUT2D eigenvalue weighted by Gasteiger charge is -2.15. The fourth-order valence-electron chi connectivity index (χ4n) is 1.67. The molecule has 0 spiro atoms. The van der Waals surface area contributed by atoms with Crippen molar-refractivity contribution in [2.24, 2.45) is 0 Å². The fraction of sp³-hybridized carbons (Fsp3) is 0.455. The van der Waals surface area contributed by atoms with Crippen LogP contribution < -0.4 is 5.73 Å². The molecule has 0 heterocycles. The summed E-state index contributed by atoms with van der Waals surface area (Å²) >= 11 is 0. The van der Waals surface area contributed by atoms with E-state index in [4.69, 9.17) is 5.73 Å². The minimum absolute atomic E-state index is 0.0979. The van der Waals surface area contributed by atoms with Crippen molar-refractivity contribution < 1.29 is 13.5 Å². The number of aromatic hydroxyl groups is 1. The molecule has 0 saturated heterocycles. The first-order chi connectivity index (χ1) is 7.16. The number of sulfone groups is 1. The second-order valence-electron chi connectivity index (χ2n) is 4.28. The lowest BCUT2D eigenvalue weighted by atomic mass is 9.96. The average molecular weight is 243 g/mol. The molecular weight excluding hydrogens is 226 g/mol. The van der Waals surface area contributed by atoms with Crippen molar-refractivity contribution in [1.82, 2.24) is 0 Å². The van der Waals surface area contributed by atoms with Crippen LogP contribution in [0.2, 0.25) is 0 Å². The van der Waals surface area contributed by atoms with Gasteiger partial charge in [0.2, 0.25) is 0 Å². The van der Waals surface area contributed by atoms with Crippen molar-refractivity contribution in [3.8, 4) is 5.75 Å². The van der Waals surface area contributed by atoms with Gasteiger partial charge in [-0.15, -0.1) is 0 Å². The molecule has 1 aromatic rings. The number of anilines is 1. The van der Waals surface area contributed by atoms with E-state index >= 15 is 0 Å². The van der Waals surface area contributed by atoms with E-state index in [1.165, 1.54) is 6.07 Å². The van der Waals surface area contributed by atoms with Gasteiger partial charge in [-0.25, -0.2) is 8.42 Å². The summed E-state index contributed by atoms with van der Waals surface area (Å²) in [5.74, 6) is -0.187. The summed E-state index contributed by atoms with van der Waals surface area (Å²) in [7, 11) is -3.46. The lowest BCUT2D eigenvalue weighted by Crippen LogP contribution is -2.05. The third-order valence-corrected chi connectivity index (χ3v) is 3.74. The molecule has 1 aromatic carbocycles. The molecule has 90 valence electrons. The maximum absolute atomic E-state index is 11.5. The Morgan fingerprint density at radius 2 is 1.88 bits per heavy atom. The summed E-state index contributed by atoms with van der Waals surface area (Å²) < 4.78 is 23.0. The molecular formula is C11H17NO3S. The van der Waals surface area contributed by atoms with Crippen LogP contribution in [-0.4, -0.2) is 19.8 Å². The lowest BCUT2D eigenvalue weighted by molar-refractivity contribution is 0.461. The predicted octanol–water partition coefficient (Wildman–Crippen LogP) is 1.81. The molecule has 0 fully saturated rings. The van der Waals surface area contributed by atoms with E-state index in [1.54, 1.807) is 6.92 Å². The van der Waals surface area contributed by atoms with E-state index in [0.717, 1.165) is 17.4 Å². The topological polar surface area (TPSA) is 80.4 Å². The Balaban J connectivity index is 3.68. The normalized spacial score (nSPS) is 12.1. The minimum atomic E-state index is -3.46. The summed E-state index contributed by atoms with van der Waals surface area (Å²) in [6, 6.07) is 1.50. The standard InChI is InChI=1S/C11H17NO3S/c1-6(2)8-5-9(16(4,14)15)11(13)10(12)7(8)3/h5-6,13H,12H2,1-4H3. The summed E-state index contributed by atoms with van der Waals surface area (Å²) in [6.45, 7) is 5.67. The molecule has 0 unspecified atom stereocenters. The fourth-order valence-corrected chi connectivity index (χ4v) is 2.47. The van der Waals surface area contributed by atoms with Crippen LogP contribution in [-0.2, 0) is 9.84 Å². The van der Waals surface area contributed by atoms with E-state index in [0.29, 0.717) is 0 Å². The van der Waals surface area contributed by atoms with E-state index in [-0.39, 0.29) is 22.3 Å². The molecule has 1 rings (SSSR count). The Bertz CT molecular complexity index is 519. The van der Waals surface area contributed by atoms with Gasteiger partial charge in [-0.05, 0) is 30.0 Å². The third-order valence-electron chi connectivity index (χ3n) is 2.63. The van der Waals surface area contributed by atoms with E-state index in [9.17, 15) is 13.5 Å². The first-order valence-electron chi connectivity index (χ1n) is 4.98. The van der Waals surface area contributed by atoms with Gasteiger partial charge >= 0.3 is 0 Å². The maximum Gasteiger partial charge on any atom is 0.179 e. The Morgan fingerprint density at radius 1 is 1.38 bits per heavy atom. The van der Waals surface area contributed by atoms with E-state index < -0.39 is 9.84 Å². The number of phenols is 1. The molecule has 0 aromatic heterocycles. The Labute approximate surface area is 96.0 Å². The van der Waals surface area contributed by atoms with Crippen molar-refractivity contribution in [1.29, 1.82) is 0 Å². The minimum Gasteiger partial charge on any atom is -0.504 e. The Kier molecular flexibility index (Phi) is 3.19. The number of nitrogen functional groups attached to an aromatic ring is 1. The van der Waals surface area contributed by atoms with Crippen molar-refractivity contribution >= 4 is 15.5 Å². The van der Waals surface area contributed by atoms with Gasteiger partial charge in [-0.2, -0.15) is 0 Å². The molecule has 0 radical (unpaired) electrons. The van der Waals surface area contributed by atoms with Gasteiger partial charge in [0.15, 0.2) is 15.6 Å².